The van der Waals surface area contributed by atoms with Gasteiger partial charge in [0, 0.05) is 19.2 Å². The van der Waals surface area contributed by atoms with Crippen molar-refractivity contribution in [3.8, 4) is 0 Å². The molecular weight excluding hydrogens is 154 g/mol. The van der Waals surface area contributed by atoms with Crippen molar-refractivity contribution in [2.75, 3.05) is 20.3 Å². The lowest BCUT2D eigenvalue weighted by Gasteiger charge is -2.41. The number of ether oxygens (including phenoxy) is 1. The van der Waals surface area contributed by atoms with E-state index in [2.05, 4.69) is 5.32 Å². The van der Waals surface area contributed by atoms with E-state index in [1.54, 1.807) is 7.11 Å². The summed E-state index contributed by atoms with van der Waals surface area (Å²) in [7, 11) is 1.71. The van der Waals surface area contributed by atoms with Crippen molar-refractivity contribution in [1.29, 1.82) is 0 Å². The summed E-state index contributed by atoms with van der Waals surface area (Å²) in [5, 5.41) is 12.5. The SMILES string of the molecule is COC(C)CNC1(CO)CCC1. The first-order chi connectivity index (χ1) is 5.72. The van der Waals surface area contributed by atoms with Crippen LogP contribution in [0, 0.1) is 0 Å². The van der Waals surface area contributed by atoms with Crippen molar-refractivity contribution in [3.63, 3.8) is 0 Å². The molecule has 0 radical (unpaired) electrons. The molecule has 0 aliphatic heterocycles. The number of hydrogen-bond acceptors (Lipinski definition) is 3. The first-order valence-corrected chi connectivity index (χ1v) is 4.61. The Morgan fingerprint density at radius 1 is 1.58 bits per heavy atom. The Kier molecular flexibility index (Phi) is 3.50. The lowest BCUT2D eigenvalue weighted by molar-refractivity contribution is 0.0581. The van der Waals surface area contributed by atoms with E-state index < -0.39 is 0 Å². The number of nitrogens with one attached hydrogen (secondary N) is 1. The van der Waals surface area contributed by atoms with Crippen LogP contribution in [-0.2, 0) is 4.74 Å². The van der Waals surface area contributed by atoms with Crippen molar-refractivity contribution in [3.05, 3.63) is 0 Å². The van der Waals surface area contributed by atoms with Gasteiger partial charge in [0.15, 0.2) is 0 Å². The van der Waals surface area contributed by atoms with E-state index in [1.165, 1.54) is 6.42 Å². The molecule has 0 aromatic heterocycles. The lowest BCUT2D eigenvalue weighted by atomic mass is 9.77. The van der Waals surface area contributed by atoms with Gasteiger partial charge in [-0.15, -0.1) is 0 Å². The topological polar surface area (TPSA) is 41.5 Å². The molecule has 0 saturated heterocycles. The number of hydrogen-bond donors (Lipinski definition) is 2. The second-order valence-electron chi connectivity index (χ2n) is 3.72. The van der Waals surface area contributed by atoms with Crippen LogP contribution in [0.2, 0.25) is 0 Å². The molecule has 72 valence electrons. The number of aliphatic hydroxyl groups excluding tert-OH is 1. The van der Waals surface area contributed by atoms with Gasteiger partial charge in [-0.05, 0) is 26.2 Å². The van der Waals surface area contributed by atoms with Crippen LogP contribution < -0.4 is 5.32 Å². The second kappa shape index (κ2) is 4.21. The van der Waals surface area contributed by atoms with Gasteiger partial charge in [0.2, 0.25) is 0 Å². The van der Waals surface area contributed by atoms with Gasteiger partial charge in [0.25, 0.3) is 0 Å². The summed E-state index contributed by atoms with van der Waals surface area (Å²) < 4.78 is 5.11. The maximum atomic E-state index is 9.12. The smallest absolute Gasteiger partial charge is 0.0667 e. The summed E-state index contributed by atoms with van der Waals surface area (Å²) in [6.45, 7) is 3.11. The zero-order chi connectivity index (χ0) is 9.03. The first kappa shape index (κ1) is 9.96. The third kappa shape index (κ3) is 2.19. The second-order valence-corrected chi connectivity index (χ2v) is 3.72. The van der Waals surface area contributed by atoms with Crippen LogP contribution in [0.15, 0.2) is 0 Å². The minimum Gasteiger partial charge on any atom is -0.394 e. The summed E-state index contributed by atoms with van der Waals surface area (Å²) in [4.78, 5) is 0. The minimum absolute atomic E-state index is 0.0206. The Bertz CT molecular complexity index is 129. The molecule has 1 atom stereocenters. The maximum Gasteiger partial charge on any atom is 0.0667 e. The molecule has 0 heterocycles. The Morgan fingerprint density at radius 3 is 2.58 bits per heavy atom. The fourth-order valence-corrected chi connectivity index (χ4v) is 1.44. The number of rotatable bonds is 5. The van der Waals surface area contributed by atoms with Crippen molar-refractivity contribution < 1.29 is 9.84 Å². The molecule has 0 amide bonds. The Balaban J connectivity index is 2.20. The quantitative estimate of drug-likeness (QED) is 0.637. The zero-order valence-electron chi connectivity index (χ0n) is 7.97. The molecule has 12 heavy (non-hydrogen) atoms. The third-order valence-electron chi connectivity index (χ3n) is 2.78. The van der Waals surface area contributed by atoms with Crippen LogP contribution in [0.3, 0.4) is 0 Å². The lowest BCUT2D eigenvalue weighted by Crippen LogP contribution is -2.55. The summed E-state index contributed by atoms with van der Waals surface area (Å²) in [5.41, 5.74) is 0.0206. The van der Waals surface area contributed by atoms with Gasteiger partial charge < -0.3 is 15.2 Å². The summed E-state index contributed by atoms with van der Waals surface area (Å²) in [6.07, 6.45) is 3.66. The van der Waals surface area contributed by atoms with Crippen LogP contribution >= 0.6 is 0 Å². The normalized spacial score (nSPS) is 23.2. The molecular formula is C9H19NO2. The Morgan fingerprint density at radius 2 is 2.25 bits per heavy atom. The van der Waals surface area contributed by atoms with Gasteiger partial charge in [-0.2, -0.15) is 0 Å². The maximum absolute atomic E-state index is 9.12. The number of methoxy groups -OCH3 is 1. The van der Waals surface area contributed by atoms with Gasteiger partial charge in [-0.1, -0.05) is 0 Å². The average molecular weight is 173 g/mol. The molecule has 1 aliphatic carbocycles. The molecule has 3 heteroatoms. The molecule has 1 saturated carbocycles. The monoisotopic (exact) mass is 173 g/mol. The van der Waals surface area contributed by atoms with E-state index in [1.807, 2.05) is 6.92 Å². The predicted molar refractivity (Wildman–Crippen MR) is 48.1 cm³/mol. The summed E-state index contributed by atoms with van der Waals surface area (Å²) in [5.74, 6) is 0. The molecule has 0 aromatic rings. The van der Waals surface area contributed by atoms with Crippen LogP contribution in [-0.4, -0.2) is 37.0 Å². The highest BCUT2D eigenvalue weighted by molar-refractivity contribution is 4.95. The van der Waals surface area contributed by atoms with Crippen LogP contribution in [0.1, 0.15) is 26.2 Å². The van der Waals surface area contributed by atoms with Gasteiger partial charge in [0.05, 0.1) is 12.7 Å². The molecule has 2 N–H and O–H groups in total. The van der Waals surface area contributed by atoms with E-state index in [9.17, 15) is 0 Å². The molecule has 3 nitrogen and oxygen atoms in total. The Hall–Kier alpha value is -0.120. The van der Waals surface area contributed by atoms with Crippen molar-refractivity contribution in [2.24, 2.45) is 0 Å². The molecule has 1 rings (SSSR count). The highest BCUT2D eigenvalue weighted by Crippen LogP contribution is 2.30. The van der Waals surface area contributed by atoms with E-state index in [0.29, 0.717) is 0 Å². The van der Waals surface area contributed by atoms with Gasteiger partial charge in [-0.3, -0.25) is 0 Å². The molecule has 1 aliphatic rings. The van der Waals surface area contributed by atoms with Crippen LogP contribution in [0.4, 0.5) is 0 Å². The highest BCUT2D eigenvalue weighted by atomic mass is 16.5. The molecule has 0 aromatic carbocycles. The van der Waals surface area contributed by atoms with Crippen LogP contribution in [0.5, 0.6) is 0 Å². The molecule has 0 spiro atoms. The van der Waals surface area contributed by atoms with Crippen molar-refractivity contribution in [2.45, 2.75) is 37.8 Å². The van der Waals surface area contributed by atoms with E-state index >= 15 is 0 Å². The van der Waals surface area contributed by atoms with E-state index in [-0.39, 0.29) is 18.2 Å². The van der Waals surface area contributed by atoms with Crippen molar-refractivity contribution in [1.82, 2.24) is 5.32 Å². The van der Waals surface area contributed by atoms with Crippen molar-refractivity contribution >= 4 is 0 Å². The predicted octanol–water partition coefficient (Wildman–Crippen LogP) is 0.526. The van der Waals surface area contributed by atoms with Crippen LogP contribution in [0.25, 0.3) is 0 Å². The summed E-state index contributed by atoms with van der Waals surface area (Å²) in [6, 6.07) is 0. The van der Waals surface area contributed by atoms with Gasteiger partial charge in [0.1, 0.15) is 0 Å². The minimum atomic E-state index is 0.0206. The number of aliphatic hydroxyl groups is 1. The zero-order valence-corrected chi connectivity index (χ0v) is 7.97. The Labute approximate surface area is 74.1 Å². The van der Waals surface area contributed by atoms with E-state index in [0.717, 1.165) is 19.4 Å². The third-order valence-corrected chi connectivity index (χ3v) is 2.78. The molecule has 1 fully saturated rings. The van der Waals surface area contributed by atoms with E-state index in [4.69, 9.17) is 9.84 Å². The fraction of sp³-hybridized carbons (Fsp3) is 1.00. The first-order valence-electron chi connectivity index (χ1n) is 4.61. The standard InChI is InChI=1S/C9H19NO2/c1-8(12-2)6-10-9(7-11)4-3-5-9/h8,10-11H,3-7H2,1-2H3. The highest BCUT2D eigenvalue weighted by Gasteiger charge is 2.35. The van der Waals surface area contributed by atoms with Gasteiger partial charge in [-0.25, -0.2) is 0 Å². The molecule has 0 bridgehead atoms. The fourth-order valence-electron chi connectivity index (χ4n) is 1.44. The molecule has 1 unspecified atom stereocenters. The largest absolute Gasteiger partial charge is 0.394 e. The van der Waals surface area contributed by atoms with Gasteiger partial charge >= 0.3 is 0 Å². The summed E-state index contributed by atoms with van der Waals surface area (Å²) >= 11 is 0. The average Bonchev–Trinajstić information content (AvgIpc) is 2.03.